The highest BCUT2D eigenvalue weighted by atomic mass is 35.5. The van der Waals surface area contributed by atoms with Gasteiger partial charge in [-0.1, -0.05) is 29.3 Å². The number of likely N-dealkylation sites (tertiary alicyclic amines) is 1. The van der Waals surface area contributed by atoms with E-state index < -0.39 is 0 Å². The number of carbonyl (C=O) groups is 1. The first-order chi connectivity index (χ1) is 15.0. The van der Waals surface area contributed by atoms with E-state index in [0.717, 1.165) is 70.8 Å². The fourth-order valence-corrected chi connectivity index (χ4v) is 5.00. The zero-order valence-corrected chi connectivity index (χ0v) is 19.2. The van der Waals surface area contributed by atoms with Crippen molar-refractivity contribution in [3.8, 4) is 0 Å². The predicted molar refractivity (Wildman–Crippen MR) is 125 cm³/mol. The van der Waals surface area contributed by atoms with E-state index in [1.165, 1.54) is 5.56 Å². The summed E-state index contributed by atoms with van der Waals surface area (Å²) in [6.07, 6.45) is 3.57. The first-order valence-electron chi connectivity index (χ1n) is 10.9. The fraction of sp³-hybridized carbons (Fsp3) is 0.478. The first kappa shape index (κ1) is 22.3. The average molecular weight is 462 g/mol. The van der Waals surface area contributed by atoms with Crippen LogP contribution in [0.5, 0.6) is 0 Å². The number of nitrogens with zero attached hydrogens (tertiary/aromatic N) is 4. The summed E-state index contributed by atoms with van der Waals surface area (Å²) in [6.45, 7) is 6.66. The third-order valence-corrected chi connectivity index (χ3v) is 7.02. The third-order valence-electron chi connectivity index (χ3n) is 6.32. The molecule has 2 aromatic rings. The van der Waals surface area contributed by atoms with Gasteiger partial charge in [0, 0.05) is 67.0 Å². The van der Waals surface area contributed by atoms with Crippen LogP contribution in [-0.4, -0.2) is 64.9 Å². The summed E-state index contributed by atoms with van der Waals surface area (Å²) in [5.41, 5.74) is 7.92. The molecule has 0 bridgehead atoms. The van der Waals surface area contributed by atoms with Gasteiger partial charge in [0.25, 0.3) is 0 Å². The first-order valence-corrected chi connectivity index (χ1v) is 11.6. The van der Waals surface area contributed by atoms with Crippen molar-refractivity contribution in [2.45, 2.75) is 25.9 Å². The Morgan fingerprint density at radius 1 is 0.968 bits per heavy atom. The van der Waals surface area contributed by atoms with E-state index in [4.69, 9.17) is 28.9 Å². The number of piperazine rings is 1. The molecular formula is C23H29Cl2N5O. The number of benzene rings is 1. The molecule has 2 aliphatic rings. The van der Waals surface area contributed by atoms with Crippen LogP contribution in [0.1, 0.15) is 24.0 Å². The Morgan fingerprint density at radius 3 is 2.26 bits per heavy atom. The molecule has 1 aromatic carbocycles. The van der Waals surface area contributed by atoms with Crippen molar-refractivity contribution in [2.75, 3.05) is 45.0 Å². The summed E-state index contributed by atoms with van der Waals surface area (Å²) in [7, 11) is 0. The SMILES string of the molecule is Nc1cc(CN2CCC(C(=O)N3CCN(Cc4c(Cl)cccc4Cl)CC3)CC2)ccn1. The Balaban J connectivity index is 1.23. The zero-order chi connectivity index (χ0) is 21.8. The third kappa shape index (κ3) is 5.69. The summed E-state index contributed by atoms with van der Waals surface area (Å²) in [5.74, 6) is 0.991. The number of amides is 1. The highest BCUT2D eigenvalue weighted by Gasteiger charge is 2.30. The molecule has 2 saturated heterocycles. The van der Waals surface area contributed by atoms with Gasteiger partial charge in [0.2, 0.25) is 5.91 Å². The monoisotopic (exact) mass is 461 g/mol. The number of rotatable bonds is 5. The number of hydrogen-bond donors (Lipinski definition) is 1. The highest BCUT2D eigenvalue weighted by Crippen LogP contribution is 2.27. The minimum absolute atomic E-state index is 0.128. The van der Waals surface area contributed by atoms with Gasteiger partial charge in [0.15, 0.2) is 0 Å². The van der Waals surface area contributed by atoms with Gasteiger partial charge in [0.05, 0.1) is 0 Å². The molecule has 6 nitrogen and oxygen atoms in total. The van der Waals surface area contributed by atoms with Crippen molar-refractivity contribution in [3.05, 3.63) is 57.7 Å². The Morgan fingerprint density at radius 2 is 1.61 bits per heavy atom. The molecule has 0 radical (unpaired) electrons. The molecule has 0 unspecified atom stereocenters. The van der Waals surface area contributed by atoms with E-state index in [1.54, 1.807) is 6.20 Å². The number of halogens is 2. The second-order valence-electron chi connectivity index (χ2n) is 8.44. The molecule has 31 heavy (non-hydrogen) atoms. The fourth-order valence-electron chi connectivity index (χ4n) is 4.48. The Kier molecular flexibility index (Phi) is 7.33. The lowest BCUT2D eigenvalue weighted by Crippen LogP contribution is -2.51. The molecule has 4 rings (SSSR count). The van der Waals surface area contributed by atoms with Crippen molar-refractivity contribution in [3.63, 3.8) is 0 Å². The number of nitrogen functional groups attached to an aromatic ring is 1. The van der Waals surface area contributed by atoms with E-state index in [1.807, 2.05) is 35.2 Å². The molecular weight excluding hydrogens is 433 g/mol. The minimum atomic E-state index is 0.128. The van der Waals surface area contributed by atoms with Crippen LogP contribution < -0.4 is 5.73 Å². The van der Waals surface area contributed by atoms with Crippen molar-refractivity contribution in [2.24, 2.45) is 5.92 Å². The summed E-state index contributed by atoms with van der Waals surface area (Å²) in [5, 5.41) is 1.40. The maximum atomic E-state index is 13.1. The number of piperidine rings is 1. The van der Waals surface area contributed by atoms with Gasteiger partial charge in [-0.3, -0.25) is 14.6 Å². The highest BCUT2D eigenvalue weighted by molar-refractivity contribution is 6.35. The number of hydrogen-bond acceptors (Lipinski definition) is 5. The van der Waals surface area contributed by atoms with Crippen LogP contribution in [-0.2, 0) is 17.9 Å². The average Bonchev–Trinajstić information content (AvgIpc) is 2.77. The lowest BCUT2D eigenvalue weighted by molar-refractivity contribution is -0.139. The predicted octanol–water partition coefficient (Wildman–Crippen LogP) is 3.53. The van der Waals surface area contributed by atoms with Crippen LogP contribution in [0.25, 0.3) is 0 Å². The molecule has 166 valence electrons. The maximum absolute atomic E-state index is 13.1. The van der Waals surface area contributed by atoms with Crippen LogP contribution in [0.15, 0.2) is 36.5 Å². The second kappa shape index (κ2) is 10.2. The largest absolute Gasteiger partial charge is 0.384 e. The van der Waals surface area contributed by atoms with Gasteiger partial charge < -0.3 is 10.6 Å². The lowest BCUT2D eigenvalue weighted by atomic mass is 9.94. The van der Waals surface area contributed by atoms with Gasteiger partial charge in [-0.05, 0) is 55.8 Å². The van der Waals surface area contributed by atoms with Gasteiger partial charge in [0.1, 0.15) is 5.82 Å². The maximum Gasteiger partial charge on any atom is 0.225 e. The minimum Gasteiger partial charge on any atom is -0.384 e. The van der Waals surface area contributed by atoms with Gasteiger partial charge >= 0.3 is 0 Å². The van der Waals surface area contributed by atoms with Crippen LogP contribution in [0.2, 0.25) is 10.0 Å². The number of nitrogens with two attached hydrogens (primary N) is 1. The number of carbonyl (C=O) groups excluding carboxylic acids is 1. The molecule has 8 heteroatoms. The lowest BCUT2D eigenvalue weighted by Gasteiger charge is -2.38. The number of anilines is 1. The van der Waals surface area contributed by atoms with E-state index in [-0.39, 0.29) is 5.92 Å². The van der Waals surface area contributed by atoms with Crippen LogP contribution in [0.3, 0.4) is 0 Å². The van der Waals surface area contributed by atoms with E-state index >= 15 is 0 Å². The standard InChI is InChI=1S/C23H29Cl2N5O/c24-20-2-1-3-21(25)19(20)16-29-10-12-30(13-11-29)23(31)18-5-8-28(9-6-18)15-17-4-7-27-22(26)14-17/h1-4,7,14,18H,5-6,8-13,15-16H2,(H2,26,27). The molecule has 2 aliphatic heterocycles. The quantitative estimate of drug-likeness (QED) is 0.737. The summed E-state index contributed by atoms with van der Waals surface area (Å²) >= 11 is 12.6. The number of aromatic nitrogens is 1. The smallest absolute Gasteiger partial charge is 0.225 e. The van der Waals surface area contributed by atoms with Crippen LogP contribution >= 0.6 is 23.2 Å². The molecule has 2 fully saturated rings. The Bertz CT molecular complexity index is 888. The summed E-state index contributed by atoms with van der Waals surface area (Å²) in [4.78, 5) is 23.9. The summed E-state index contributed by atoms with van der Waals surface area (Å²) in [6, 6.07) is 9.54. The van der Waals surface area contributed by atoms with Gasteiger partial charge in [-0.15, -0.1) is 0 Å². The van der Waals surface area contributed by atoms with Crippen molar-refractivity contribution in [1.82, 2.24) is 19.7 Å². The van der Waals surface area contributed by atoms with E-state index in [2.05, 4.69) is 14.8 Å². The molecule has 0 spiro atoms. The molecule has 1 amide bonds. The topological polar surface area (TPSA) is 65.7 Å². The van der Waals surface area contributed by atoms with E-state index in [9.17, 15) is 4.79 Å². The molecule has 1 aromatic heterocycles. The molecule has 2 N–H and O–H groups in total. The number of pyridine rings is 1. The van der Waals surface area contributed by atoms with Gasteiger partial charge in [-0.25, -0.2) is 4.98 Å². The van der Waals surface area contributed by atoms with Crippen molar-refractivity contribution < 1.29 is 4.79 Å². The molecule has 3 heterocycles. The zero-order valence-electron chi connectivity index (χ0n) is 17.6. The van der Waals surface area contributed by atoms with Gasteiger partial charge in [-0.2, -0.15) is 0 Å². The summed E-state index contributed by atoms with van der Waals surface area (Å²) < 4.78 is 0. The normalized spacial score (nSPS) is 19.0. The van der Waals surface area contributed by atoms with Crippen molar-refractivity contribution in [1.29, 1.82) is 0 Å². The Labute approximate surface area is 193 Å². The van der Waals surface area contributed by atoms with Crippen LogP contribution in [0, 0.1) is 5.92 Å². The molecule has 0 atom stereocenters. The van der Waals surface area contributed by atoms with Crippen molar-refractivity contribution >= 4 is 34.9 Å². The second-order valence-corrected chi connectivity index (χ2v) is 9.26. The molecule has 0 aliphatic carbocycles. The van der Waals surface area contributed by atoms with Crippen LogP contribution in [0.4, 0.5) is 5.82 Å². The van der Waals surface area contributed by atoms with E-state index in [0.29, 0.717) is 21.8 Å². The molecule has 0 saturated carbocycles. The Hall–Kier alpha value is -1.86.